The summed E-state index contributed by atoms with van der Waals surface area (Å²) in [5.74, 6) is -0.957. The van der Waals surface area contributed by atoms with Crippen LogP contribution in [0.3, 0.4) is 0 Å². The second-order valence-corrected chi connectivity index (χ2v) is 13.1. The predicted molar refractivity (Wildman–Crippen MR) is 176 cm³/mol. The summed E-state index contributed by atoms with van der Waals surface area (Å²) >= 11 is 13.1. The third kappa shape index (κ3) is 8.20. The monoisotopic (exact) mass is 651 g/mol. The largest absolute Gasteiger partial charge is 0.352 e. The van der Waals surface area contributed by atoms with E-state index in [0.29, 0.717) is 27.7 Å². The zero-order chi connectivity index (χ0) is 31.7. The Kier molecular flexibility index (Phi) is 11.4. The summed E-state index contributed by atoms with van der Waals surface area (Å²) in [5, 5.41) is 3.66. The van der Waals surface area contributed by atoms with Gasteiger partial charge in [0.25, 0.3) is 10.0 Å². The fraction of sp³-hybridized carbons (Fsp3) is 0.235. The Bertz CT molecular complexity index is 1640. The molecule has 230 valence electrons. The van der Waals surface area contributed by atoms with Crippen molar-refractivity contribution < 1.29 is 18.0 Å². The van der Waals surface area contributed by atoms with Gasteiger partial charge in [-0.05, 0) is 55.3 Å². The van der Waals surface area contributed by atoms with Gasteiger partial charge in [0.05, 0.1) is 10.6 Å². The molecular weight excluding hydrogens is 617 g/mol. The molecule has 2 atom stereocenters. The van der Waals surface area contributed by atoms with Gasteiger partial charge in [0.2, 0.25) is 11.8 Å². The van der Waals surface area contributed by atoms with Crippen molar-refractivity contribution >= 4 is 50.7 Å². The van der Waals surface area contributed by atoms with Crippen molar-refractivity contribution in [1.29, 1.82) is 0 Å². The van der Waals surface area contributed by atoms with Gasteiger partial charge >= 0.3 is 0 Å². The van der Waals surface area contributed by atoms with Gasteiger partial charge in [0, 0.05) is 34.6 Å². The van der Waals surface area contributed by atoms with Crippen molar-refractivity contribution in [3.05, 3.63) is 130 Å². The number of benzene rings is 4. The van der Waals surface area contributed by atoms with Crippen LogP contribution in [-0.4, -0.2) is 43.8 Å². The van der Waals surface area contributed by atoms with Crippen LogP contribution in [0.15, 0.2) is 114 Å². The highest BCUT2D eigenvalue weighted by Crippen LogP contribution is 2.29. The standard InChI is InChI=1S/C34H35Cl2N3O4S/c1-3-25(2)37-34(41)32(22-26-14-7-4-8-15-26)38(23-29-30(35)20-13-21-31(29)36)33(40)24-39(27-16-9-5-10-17-27)44(42,43)28-18-11-6-12-19-28/h4-21,25,32H,3,22-24H2,1-2H3,(H,37,41)/t25-,32+/m0/s1. The minimum Gasteiger partial charge on any atom is -0.352 e. The first-order valence-electron chi connectivity index (χ1n) is 14.3. The summed E-state index contributed by atoms with van der Waals surface area (Å²) in [5.41, 5.74) is 1.59. The number of carbonyl (C=O) groups excluding carboxylic acids is 2. The van der Waals surface area contributed by atoms with Crippen LogP contribution in [0, 0.1) is 0 Å². The van der Waals surface area contributed by atoms with Crippen LogP contribution in [0.25, 0.3) is 0 Å². The van der Waals surface area contributed by atoms with E-state index in [1.807, 2.05) is 44.2 Å². The minimum absolute atomic E-state index is 0.0349. The molecule has 0 unspecified atom stereocenters. The molecule has 4 aromatic rings. The lowest BCUT2D eigenvalue weighted by atomic mass is 10.0. The topological polar surface area (TPSA) is 86.8 Å². The Balaban J connectivity index is 1.82. The zero-order valence-corrected chi connectivity index (χ0v) is 26.9. The van der Waals surface area contributed by atoms with Crippen molar-refractivity contribution in [2.24, 2.45) is 0 Å². The molecule has 4 aromatic carbocycles. The normalized spacial score (nSPS) is 12.6. The quantitative estimate of drug-likeness (QED) is 0.173. The molecule has 0 radical (unpaired) electrons. The van der Waals surface area contributed by atoms with Crippen LogP contribution in [0.4, 0.5) is 5.69 Å². The SMILES string of the molecule is CC[C@H](C)NC(=O)[C@@H](Cc1ccccc1)N(Cc1c(Cl)cccc1Cl)C(=O)CN(c1ccccc1)S(=O)(=O)c1ccccc1. The summed E-state index contributed by atoms with van der Waals surface area (Å²) in [7, 11) is -4.17. The predicted octanol–water partition coefficient (Wildman–Crippen LogP) is 6.74. The first-order chi connectivity index (χ1) is 21.1. The smallest absolute Gasteiger partial charge is 0.264 e. The molecule has 0 aliphatic heterocycles. The van der Waals surface area contributed by atoms with E-state index in [9.17, 15) is 18.0 Å². The Morgan fingerprint density at radius 3 is 1.91 bits per heavy atom. The number of hydrogen-bond acceptors (Lipinski definition) is 4. The number of carbonyl (C=O) groups is 2. The average Bonchev–Trinajstić information content (AvgIpc) is 3.03. The molecule has 0 spiro atoms. The molecule has 4 rings (SSSR count). The van der Waals surface area contributed by atoms with Crippen LogP contribution in [0.1, 0.15) is 31.4 Å². The second-order valence-electron chi connectivity index (χ2n) is 10.4. The number of anilines is 1. The summed E-state index contributed by atoms with van der Waals surface area (Å²) in [6, 6.07) is 29.6. The first kappa shape index (κ1) is 33.1. The molecule has 1 N–H and O–H groups in total. The van der Waals surface area contributed by atoms with Crippen LogP contribution < -0.4 is 9.62 Å². The summed E-state index contributed by atoms with van der Waals surface area (Å²) in [4.78, 5) is 29.8. The highest BCUT2D eigenvalue weighted by Gasteiger charge is 2.35. The van der Waals surface area contributed by atoms with Gasteiger partial charge in [-0.15, -0.1) is 0 Å². The van der Waals surface area contributed by atoms with Crippen molar-refractivity contribution in [3.63, 3.8) is 0 Å². The average molecular weight is 653 g/mol. The molecule has 0 aliphatic carbocycles. The summed E-state index contributed by atoms with van der Waals surface area (Å²) < 4.78 is 29.0. The van der Waals surface area contributed by atoms with Gasteiger partial charge in [-0.3, -0.25) is 13.9 Å². The number of para-hydroxylation sites is 1. The summed E-state index contributed by atoms with van der Waals surface area (Å²) in [6.45, 7) is 3.16. The number of halogens is 2. The number of nitrogens with zero attached hydrogens (tertiary/aromatic N) is 2. The van der Waals surface area contributed by atoms with E-state index in [4.69, 9.17) is 23.2 Å². The van der Waals surface area contributed by atoms with Crippen molar-refractivity contribution in [2.75, 3.05) is 10.8 Å². The van der Waals surface area contributed by atoms with Crippen molar-refractivity contribution in [1.82, 2.24) is 10.2 Å². The first-order valence-corrected chi connectivity index (χ1v) is 16.5. The lowest BCUT2D eigenvalue weighted by molar-refractivity contribution is -0.140. The number of amides is 2. The molecule has 10 heteroatoms. The molecule has 44 heavy (non-hydrogen) atoms. The van der Waals surface area contributed by atoms with E-state index in [0.717, 1.165) is 9.87 Å². The van der Waals surface area contributed by atoms with Gasteiger partial charge in [0.15, 0.2) is 0 Å². The third-order valence-corrected chi connectivity index (χ3v) is 9.81. The van der Waals surface area contributed by atoms with E-state index in [1.165, 1.54) is 17.0 Å². The maximum absolute atomic E-state index is 14.5. The Morgan fingerprint density at radius 2 is 1.34 bits per heavy atom. The minimum atomic E-state index is -4.17. The molecule has 0 saturated heterocycles. The Labute approximate surface area is 269 Å². The van der Waals surface area contributed by atoms with E-state index >= 15 is 0 Å². The van der Waals surface area contributed by atoms with Crippen molar-refractivity contribution in [3.8, 4) is 0 Å². The second kappa shape index (κ2) is 15.2. The van der Waals surface area contributed by atoms with Gasteiger partial charge < -0.3 is 10.2 Å². The van der Waals surface area contributed by atoms with Gasteiger partial charge in [-0.1, -0.05) is 103 Å². The highest BCUT2D eigenvalue weighted by atomic mass is 35.5. The van der Waals surface area contributed by atoms with E-state index in [-0.39, 0.29) is 29.8 Å². The number of nitrogens with one attached hydrogen (secondary N) is 1. The summed E-state index contributed by atoms with van der Waals surface area (Å²) in [6.07, 6.45) is 0.874. The van der Waals surface area contributed by atoms with Gasteiger partial charge in [0.1, 0.15) is 12.6 Å². The molecule has 0 saturated carbocycles. The number of rotatable bonds is 13. The van der Waals surface area contributed by atoms with E-state index in [1.54, 1.807) is 66.7 Å². The zero-order valence-electron chi connectivity index (χ0n) is 24.6. The Hall–Kier alpha value is -3.85. The van der Waals surface area contributed by atoms with Crippen molar-refractivity contribution in [2.45, 2.75) is 50.2 Å². The van der Waals surface area contributed by atoms with Crippen LogP contribution in [0.2, 0.25) is 10.0 Å². The van der Waals surface area contributed by atoms with Crippen LogP contribution in [0.5, 0.6) is 0 Å². The maximum atomic E-state index is 14.5. The van der Waals surface area contributed by atoms with Gasteiger partial charge in [-0.2, -0.15) is 0 Å². The van der Waals surface area contributed by atoms with Gasteiger partial charge in [-0.25, -0.2) is 8.42 Å². The molecular formula is C34H35Cl2N3O4S. The van der Waals surface area contributed by atoms with E-state index < -0.39 is 28.5 Å². The highest BCUT2D eigenvalue weighted by molar-refractivity contribution is 7.92. The Morgan fingerprint density at radius 1 is 0.795 bits per heavy atom. The lowest BCUT2D eigenvalue weighted by Gasteiger charge is -2.34. The lowest BCUT2D eigenvalue weighted by Crippen LogP contribution is -2.54. The fourth-order valence-electron chi connectivity index (χ4n) is 4.69. The number of sulfonamides is 1. The molecule has 2 amide bonds. The molecule has 0 aliphatic rings. The molecule has 0 heterocycles. The van der Waals surface area contributed by atoms with Crippen LogP contribution >= 0.6 is 23.2 Å². The maximum Gasteiger partial charge on any atom is 0.264 e. The molecule has 0 aromatic heterocycles. The molecule has 7 nitrogen and oxygen atoms in total. The third-order valence-electron chi connectivity index (χ3n) is 7.32. The van der Waals surface area contributed by atoms with Crippen LogP contribution in [-0.2, 0) is 32.6 Å². The molecule has 0 fully saturated rings. The fourth-order valence-corrected chi connectivity index (χ4v) is 6.64. The molecule has 0 bridgehead atoms. The number of hydrogen-bond donors (Lipinski definition) is 1. The van der Waals surface area contributed by atoms with E-state index in [2.05, 4.69) is 5.32 Å².